The Kier molecular flexibility index (Phi) is 8.14. The first-order valence-electron chi connectivity index (χ1n) is 10.6. The van der Waals surface area contributed by atoms with Crippen LogP contribution in [0.15, 0.2) is 65.8 Å². The number of carbonyl (C=O) groups excluding carboxylic acids is 1. The molecule has 2 heterocycles. The number of fused-ring (bicyclic) bond motifs is 1. The molecule has 2 atom stereocenters. The van der Waals surface area contributed by atoms with Gasteiger partial charge in [0.2, 0.25) is 15.9 Å². The van der Waals surface area contributed by atoms with Crippen molar-refractivity contribution in [3.8, 4) is 0 Å². The van der Waals surface area contributed by atoms with Gasteiger partial charge in [0.05, 0.1) is 11.5 Å². The molecule has 0 spiro atoms. The van der Waals surface area contributed by atoms with Gasteiger partial charge in [-0.1, -0.05) is 38.1 Å². The zero-order valence-corrected chi connectivity index (χ0v) is 19.2. The molecule has 0 aliphatic carbocycles. The highest BCUT2D eigenvalue weighted by atomic mass is 32.2. The van der Waals surface area contributed by atoms with Crippen LogP contribution in [0.1, 0.15) is 26.0 Å². The molecule has 33 heavy (non-hydrogen) atoms. The van der Waals surface area contributed by atoms with Gasteiger partial charge in [0, 0.05) is 29.9 Å². The number of para-hydroxylation sites is 1. The monoisotopic (exact) mass is 470 g/mol. The third-order valence-electron chi connectivity index (χ3n) is 5.05. The second kappa shape index (κ2) is 10.8. The standard InChI is InChI=1S/C22H27BN4O5S/c1-15(2)13-20(23(29)30)26-22(28)18(14-17-9-3-4-11-24-17)27-33(31,32)19-10-5-7-16-8-6-12-25-21(16)19/h3-12,15,18,20,27,29-30H,13-14H2,1-2H3,(H,26,28)/t18-,20-/m0/s1. The van der Waals surface area contributed by atoms with Crippen LogP contribution in [-0.4, -0.2) is 53.4 Å². The largest absolute Gasteiger partial charge is 0.475 e. The number of rotatable bonds is 10. The fourth-order valence-corrected chi connectivity index (χ4v) is 4.88. The molecule has 0 aliphatic heterocycles. The molecule has 11 heteroatoms. The van der Waals surface area contributed by atoms with Crippen molar-refractivity contribution >= 4 is 34.0 Å². The Labute approximate surface area is 193 Å². The van der Waals surface area contributed by atoms with E-state index in [-0.39, 0.29) is 22.8 Å². The molecule has 3 rings (SSSR count). The van der Waals surface area contributed by atoms with Gasteiger partial charge in [-0.3, -0.25) is 14.8 Å². The molecule has 9 nitrogen and oxygen atoms in total. The molecule has 0 saturated heterocycles. The number of amides is 1. The quantitative estimate of drug-likeness (QED) is 0.325. The van der Waals surface area contributed by atoms with Crippen LogP contribution >= 0.6 is 0 Å². The number of benzene rings is 1. The molecule has 3 aromatic rings. The summed E-state index contributed by atoms with van der Waals surface area (Å²) in [6.07, 6.45) is 3.32. The summed E-state index contributed by atoms with van der Waals surface area (Å²) in [5.41, 5.74) is 0.786. The lowest BCUT2D eigenvalue weighted by Gasteiger charge is -2.24. The van der Waals surface area contributed by atoms with Gasteiger partial charge in [-0.05, 0) is 36.6 Å². The number of hydrogen-bond donors (Lipinski definition) is 4. The van der Waals surface area contributed by atoms with E-state index in [0.717, 1.165) is 0 Å². The number of aromatic nitrogens is 2. The van der Waals surface area contributed by atoms with E-state index in [1.807, 2.05) is 13.8 Å². The molecule has 0 radical (unpaired) electrons. The third kappa shape index (κ3) is 6.58. The maximum atomic E-state index is 13.3. The maximum absolute atomic E-state index is 13.3. The Hall–Kier alpha value is -2.86. The molecule has 0 bridgehead atoms. The predicted molar refractivity (Wildman–Crippen MR) is 125 cm³/mol. The molecular formula is C22H27BN4O5S. The van der Waals surface area contributed by atoms with Crippen LogP contribution in [0.2, 0.25) is 0 Å². The lowest BCUT2D eigenvalue weighted by molar-refractivity contribution is -0.123. The summed E-state index contributed by atoms with van der Waals surface area (Å²) in [6, 6.07) is 12.1. The van der Waals surface area contributed by atoms with Crippen molar-refractivity contribution in [2.45, 2.75) is 43.6 Å². The Morgan fingerprint density at radius 1 is 1.03 bits per heavy atom. The minimum atomic E-state index is -4.16. The summed E-state index contributed by atoms with van der Waals surface area (Å²) < 4.78 is 29.1. The molecule has 0 saturated carbocycles. The number of sulfonamides is 1. The summed E-state index contributed by atoms with van der Waals surface area (Å²) in [5.74, 6) is -1.56. The van der Waals surface area contributed by atoms with Crippen LogP contribution in [0, 0.1) is 5.92 Å². The molecule has 1 amide bonds. The van der Waals surface area contributed by atoms with Crippen LogP contribution in [0.5, 0.6) is 0 Å². The van der Waals surface area contributed by atoms with E-state index in [4.69, 9.17) is 0 Å². The second-order valence-electron chi connectivity index (χ2n) is 8.19. The molecule has 4 N–H and O–H groups in total. The van der Waals surface area contributed by atoms with Crippen LogP contribution in [0.4, 0.5) is 0 Å². The van der Waals surface area contributed by atoms with Gasteiger partial charge in [-0.25, -0.2) is 8.42 Å². The van der Waals surface area contributed by atoms with Gasteiger partial charge in [0.1, 0.15) is 10.9 Å². The minimum absolute atomic E-state index is 0.0278. The highest BCUT2D eigenvalue weighted by Crippen LogP contribution is 2.21. The van der Waals surface area contributed by atoms with Crippen molar-refractivity contribution in [2.75, 3.05) is 0 Å². The van der Waals surface area contributed by atoms with Crippen molar-refractivity contribution in [3.05, 3.63) is 66.6 Å². The lowest BCUT2D eigenvalue weighted by Crippen LogP contribution is -2.55. The summed E-state index contributed by atoms with van der Waals surface area (Å²) in [5, 5.41) is 22.6. The van der Waals surface area contributed by atoms with E-state index in [2.05, 4.69) is 20.0 Å². The molecule has 1 aromatic carbocycles. The van der Waals surface area contributed by atoms with Crippen molar-refractivity contribution in [1.29, 1.82) is 0 Å². The highest BCUT2D eigenvalue weighted by Gasteiger charge is 2.32. The molecular weight excluding hydrogens is 443 g/mol. The van der Waals surface area contributed by atoms with Gasteiger partial charge in [-0.2, -0.15) is 4.72 Å². The van der Waals surface area contributed by atoms with E-state index in [1.54, 1.807) is 48.7 Å². The predicted octanol–water partition coefficient (Wildman–Crippen LogP) is 1.06. The fourth-order valence-electron chi connectivity index (χ4n) is 3.51. The summed E-state index contributed by atoms with van der Waals surface area (Å²) in [6.45, 7) is 3.76. The normalized spacial score (nSPS) is 13.6. The smallest absolute Gasteiger partial charge is 0.426 e. The van der Waals surface area contributed by atoms with Crippen molar-refractivity contribution in [3.63, 3.8) is 0 Å². The van der Waals surface area contributed by atoms with Crippen LogP contribution < -0.4 is 10.0 Å². The summed E-state index contributed by atoms with van der Waals surface area (Å²) in [4.78, 5) is 21.4. The topological polar surface area (TPSA) is 142 Å². The molecule has 0 fully saturated rings. The van der Waals surface area contributed by atoms with Crippen LogP contribution in [0.3, 0.4) is 0 Å². The second-order valence-corrected chi connectivity index (χ2v) is 9.87. The summed E-state index contributed by atoms with van der Waals surface area (Å²) in [7, 11) is -5.94. The van der Waals surface area contributed by atoms with Gasteiger partial charge in [0.25, 0.3) is 0 Å². The van der Waals surface area contributed by atoms with E-state index in [0.29, 0.717) is 17.5 Å². The number of nitrogens with one attached hydrogen (secondary N) is 2. The lowest BCUT2D eigenvalue weighted by atomic mass is 9.75. The number of hydrogen-bond acceptors (Lipinski definition) is 7. The van der Waals surface area contributed by atoms with Gasteiger partial charge in [0.15, 0.2) is 0 Å². The Morgan fingerprint density at radius 2 is 1.76 bits per heavy atom. The first-order valence-corrected chi connectivity index (χ1v) is 12.1. The van der Waals surface area contributed by atoms with E-state index in [9.17, 15) is 23.3 Å². The average molecular weight is 470 g/mol. The van der Waals surface area contributed by atoms with Gasteiger partial charge in [-0.15, -0.1) is 0 Å². The average Bonchev–Trinajstić information content (AvgIpc) is 2.78. The minimum Gasteiger partial charge on any atom is -0.426 e. The SMILES string of the molecule is CC(C)C[C@H](NC(=O)[C@H](Cc1ccccn1)NS(=O)(=O)c1cccc2cccnc12)B(O)O. The first-order chi connectivity index (χ1) is 15.7. The van der Waals surface area contributed by atoms with Crippen molar-refractivity contribution in [2.24, 2.45) is 5.92 Å². The van der Waals surface area contributed by atoms with Gasteiger partial charge >= 0.3 is 7.12 Å². The van der Waals surface area contributed by atoms with Crippen molar-refractivity contribution in [1.82, 2.24) is 20.0 Å². The third-order valence-corrected chi connectivity index (χ3v) is 6.55. The van der Waals surface area contributed by atoms with Crippen molar-refractivity contribution < 1.29 is 23.3 Å². The molecule has 0 aliphatic rings. The molecule has 2 aromatic heterocycles. The molecule has 0 unspecified atom stereocenters. The Bertz CT molecular complexity index is 1190. The zero-order valence-electron chi connectivity index (χ0n) is 18.4. The first kappa shape index (κ1) is 24.8. The summed E-state index contributed by atoms with van der Waals surface area (Å²) >= 11 is 0. The van der Waals surface area contributed by atoms with E-state index < -0.39 is 35.0 Å². The van der Waals surface area contributed by atoms with Crippen LogP contribution in [-0.2, 0) is 21.2 Å². The number of pyridine rings is 2. The van der Waals surface area contributed by atoms with E-state index in [1.165, 1.54) is 12.3 Å². The maximum Gasteiger partial charge on any atom is 0.475 e. The number of carbonyl (C=O) groups is 1. The Morgan fingerprint density at radius 3 is 2.42 bits per heavy atom. The molecule has 174 valence electrons. The van der Waals surface area contributed by atoms with E-state index >= 15 is 0 Å². The number of nitrogens with zero attached hydrogens (tertiary/aromatic N) is 2. The zero-order chi connectivity index (χ0) is 24.0. The fraction of sp³-hybridized carbons (Fsp3) is 0.318. The Balaban J connectivity index is 1.92. The van der Waals surface area contributed by atoms with Crippen LogP contribution in [0.25, 0.3) is 10.9 Å². The highest BCUT2D eigenvalue weighted by molar-refractivity contribution is 7.89. The van der Waals surface area contributed by atoms with Gasteiger partial charge < -0.3 is 15.4 Å².